The van der Waals surface area contributed by atoms with Crippen molar-refractivity contribution in [2.24, 2.45) is 22.7 Å². The summed E-state index contributed by atoms with van der Waals surface area (Å²) in [6, 6.07) is 32.2. The predicted molar refractivity (Wildman–Crippen MR) is 196 cm³/mol. The van der Waals surface area contributed by atoms with Crippen molar-refractivity contribution in [1.29, 1.82) is 0 Å². The Hall–Kier alpha value is -3.49. The zero-order chi connectivity index (χ0) is 38.2. The molecule has 7 rings (SSSR count). The molecule has 0 aliphatic heterocycles. The van der Waals surface area contributed by atoms with Crippen LogP contribution in [-0.4, -0.2) is 48.0 Å². The Morgan fingerprint density at radius 1 is 0.796 bits per heavy atom. The van der Waals surface area contributed by atoms with E-state index in [-0.39, 0.29) is 56.8 Å². The van der Waals surface area contributed by atoms with Crippen LogP contribution < -0.4 is 0 Å². The molecule has 0 amide bonds. The van der Waals surface area contributed by atoms with Gasteiger partial charge in [-0.3, -0.25) is 9.59 Å². The van der Waals surface area contributed by atoms with Gasteiger partial charge in [0.2, 0.25) is 0 Å². The second kappa shape index (κ2) is 16.7. The van der Waals surface area contributed by atoms with E-state index in [0.29, 0.717) is 25.7 Å². The number of hydrogen-bond acceptors (Lipinski definition) is 7. The van der Waals surface area contributed by atoms with E-state index >= 15 is 0 Å². The highest BCUT2D eigenvalue weighted by Crippen LogP contribution is 2.64. The molecule has 298 valence electrons. The molecule has 3 aromatic rings. The maximum Gasteiger partial charge on any atom is 0.432 e. The van der Waals surface area contributed by atoms with Crippen molar-refractivity contribution in [3.05, 3.63) is 91.0 Å². The number of rotatable bonds is 10. The summed E-state index contributed by atoms with van der Waals surface area (Å²) in [6.07, 6.45) is -8.71. The summed E-state index contributed by atoms with van der Waals surface area (Å²) >= 11 is 0. The Morgan fingerprint density at radius 2 is 1.20 bits per heavy atom. The Kier molecular flexibility index (Phi) is 13.9. The molecule has 0 radical (unpaired) electrons. The fraction of sp³-hybridized carbons (Fsp3) is 0.500. The van der Waals surface area contributed by atoms with Crippen molar-refractivity contribution < 1.29 is 54.0 Å². The average Bonchev–Trinajstić information content (AvgIpc) is 3.07. The second-order valence-corrected chi connectivity index (χ2v) is 18.1. The molecule has 4 fully saturated rings. The van der Waals surface area contributed by atoms with Crippen molar-refractivity contribution >= 4 is 33.0 Å². The van der Waals surface area contributed by atoms with E-state index in [2.05, 4.69) is 95.7 Å². The minimum atomic E-state index is -6.78. The highest BCUT2D eigenvalue weighted by atomic mass is 32.2. The summed E-state index contributed by atoms with van der Waals surface area (Å²) in [7, 11) is -6.80. The van der Waals surface area contributed by atoms with Crippen LogP contribution in [0.25, 0.3) is 0 Å². The van der Waals surface area contributed by atoms with E-state index in [1.807, 2.05) is 0 Å². The van der Waals surface area contributed by atoms with Gasteiger partial charge >= 0.3 is 23.4 Å². The van der Waals surface area contributed by atoms with Gasteiger partial charge in [-0.1, -0.05) is 76.4 Å². The number of hydrogen-bond donors (Lipinski definition) is 0. The summed E-state index contributed by atoms with van der Waals surface area (Å²) in [5, 5.41) is -5.90. The molecule has 0 heterocycles. The SMILES string of the molecule is C.C.CCC(C)(C)C(=O)OC12CC3CC(C1)CC(C(=O)OC(C(F)(F)F)C(F)(F)S(=O)(=O)[O-])(C3)C2.c1ccc([S+](c2ccccc2)c2ccccc2)cc1. The summed E-state index contributed by atoms with van der Waals surface area (Å²) in [5.74, 6) is -2.60. The van der Waals surface area contributed by atoms with E-state index in [4.69, 9.17) is 4.74 Å². The van der Waals surface area contributed by atoms with Crippen LogP contribution in [0.4, 0.5) is 22.0 Å². The van der Waals surface area contributed by atoms with E-state index in [9.17, 15) is 44.5 Å². The molecule has 3 unspecified atom stereocenters. The van der Waals surface area contributed by atoms with Crippen LogP contribution in [0.5, 0.6) is 0 Å². The number of esters is 2. The first kappa shape index (κ1) is 44.9. The first-order valence-electron chi connectivity index (χ1n) is 17.0. The summed E-state index contributed by atoms with van der Waals surface area (Å²) in [4.78, 5) is 29.7. The molecule has 4 saturated carbocycles. The third kappa shape index (κ3) is 9.47. The van der Waals surface area contributed by atoms with Gasteiger partial charge in [0.25, 0.3) is 6.10 Å². The van der Waals surface area contributed by atoms with Crippen LogP contribution >= 0.6 is 0 Å². The standard InChI is InChI=1S/C20H27F5O7S.C18H15S.2CH4/c1-4-16(2,3)14(26)32-18-8-11-5-12(9-18)7-17(6-11,10-18)15(27)31-13(19(21,22)23)20(24,25)33(28,29)30;1-4-10-16(11-5-1)19(17-12-6-2-7-13-17)18-14-8-3-9-15-18;;/h11-13H,4-10H2,1-3H3,(H,28,29,30);1-15H;2*1H4/q;+1;;/p-1. The number of benzene rings is 3. The molecule has 4 aliphatic rings. The van der Waals surface area contributed by atoms with E-state index in [0.717, 1.165) is 0 Å². The molecular formula is C40H49F5O7S2. The molecule has 14 heteroatoms. The zero-order valence-corrected chi connectivity index (χ0v) is 30.5. The van der Waals surface area contributed by atoms with Crippen molar-refractivity contribution in [2.45, 2.75) is 118 Å². The van der Waals surface area contributed by atoms with Gasteiger partial charge in [-0.05, 0) is 101 Å². The summed E-state index contributed by atoms with van der Waals surface area (Å²) in [6.45, 7) is 5.11. The lowest BCUT2D eigenvalue weighted by atomic mass is 9.48. The number of carbonyl (C=O) groups is 2. The normalized spacial score (nSPS) is 23.9. The lowest BCUT2D eigenvalue weighted by Gasteiger charge is -2.60. The molecule has 4 aliphatic carbocycles. The lowest BCUT2D eigenvalue weighted by Crippen LogP contribution is -2.62. The van der Waals surface area contributed by atoms with Gasteiger partial charge < -0.3 is 14.0 Å². The van der Waals surface area contributed by atoms with E-state index in [1.165, 1.54) is 14.7 Å². The van der Waals surface area contributed by atoms with Crippen LogP contribution in [0, 0.1) is 22.7 Å². The molecule has 7 nitrogen and oxygen atoms in total. The van der Waals surface area contributed by atoms with Gasteiger partial charge in [0.1, 0.15) is 5.60 Å². The summed E-state index contributed by atoms with van der Waals surface area (Å²) < 4.78 is 110. The predicted octanol–water partition coefficient (Wildman–Crippen LogP) is 9.97. The zero-order valence-electron chi connectivity index (χ0n) is 28.9. The van der Waals surface area contributed by atoms with Crippen molar-refractivity contribution in [3.8, 4) is 0 Å². The Labute approximate surface area is 318 Å². The van der Waals surface area contributed by atoms with Crippen LogP contribution in [0.1, 0.15) is 80.6 Å². The van der Waals surface area contributed by atoms with Crippen molar-refractivity contribution in [3.63, 3.8) is 0 Å². The molecule has 54 heavy (non-hydrogen) atoms. The van der Waals surface area contributed by atoms with Crippen molar-refractivity contribution in [2.75, 3.05) is 0 Å². The minimum Gasteiger partial charge on any atom is -0.743 e. The van der Waals surface area contributed by atoms with E-state index < -0.39 is 56.0 Å². The molecule has 3 aromatic carbocycles. The fourth-order valence-electron chi connectivity index (χ4n) is 7.78. The number of halogens is 5. The molecule has 3 atom stereocenters. The largest absolute Gasteiger partial charge is 0.743 e. The second-order valence-electron chi connectivity index (χ2n) is 14.6. The van der Waals surface area contributed by atoms with E-state index in [1.54, 1.807) is 20.8 Å². The third-order valence-electron chi connectivity index (χ3n) is 10.3. The smallest absolute Gasteiger partial charge is 0.432 e. The number of ether oxygens (including phenoxy) is 2. The molecule has 0 spiro atoms. The highest BCUT2D eigenvalue weighted by molar-refractivity contribution is 7.97. The van der Waals surface area contributed by atoms with Gasteiger partial charge in [-0.2, -0.15) is 22.0 Å². The molecule has 4 bridgehead atoms. The van der Waals surface area contributed by atoms with Gasteiger partial charge in [0, 0.05) is 6.42 Å². The molecule has 0 saturated heterocycles. The molecular weight excluding hydrogens is 752 g/mol. The minimum absolute atomic E-state index is 0. The van der Waals surface area contributed by atoms with Gasteiger partial charge in [0.15, 0.2) is 24.8 Å². The summed E-state index contributed by atoms with van der Waals surface area (Å²) in [5.41, 5.74) is -3.64. The topological polar surface area (TPSA) is 110 Å². The number of alkyl halides is 5. The Balaban J connectivity index is 0.000000317. The van der Waals surface area contributed by atoms with Gasteiger partial charge in [-0.25, -0.2) is 8.42 Å². The van der Waals surface area contributed by atoms with Crippen LogP contribution in [0.3, 0.4) is 0 Å². The number of carbonyl (C=O) groups excluding carboxylic acids is 2. The third-order valence-corrected chi connectivity index (χ3v) is 13.4. The fourth-order valence-corrected chi connectivity index (χ4v) is 10.3. The Morgan fingerprint density at radius 3 is 1.56 bits per heavy atom. The first-order chi connectivity index (χ1) is 24.2. The first-order valence-corrected chi connectivity index (χ1v) is 19.6. The van der Waals surface area contributed by atoms with Crippen LogP contribution in [-0.2, 0) is 40.1 Å². The van der Waals surface area contributed by atoms with Crippen LogP contribution in [0.15, 0.2) is 106 Å². The highest BCUT2D eigenvalue weighted by Gasteiger charge is 2.67. The van der Waals surface area contributed by atoms with Crippen LogP contribution in [0.2, 0.25) is 0 Å². The monoisotopic (exact) mass is 800 g/mol. The lowest BCUT2D eigenvalue weighted by molar-refractivity contribution is -0.270. The van der Waals surface area contributed by atoms with Gasteiger partial charge in [0.05, 0.1) is 21.7 Å². The molecule has 0 aromatic heterocycles. The Bertz CT molecular complexity index is 1710. The molecule has 0 N–H and O–H groups in total. The maximum atomic E-state index is 13.9. The van der Waals surface area contributed by atoms with Gasteiger partial charge in [-0.15, -0.1) is 0 Å². The maximum absolute atomic E-state index is 13.9. The average molecular weight is 801 g/mol. The van der Waals surface area contributed by atoms with Crippen molar-refractivity contribution in [1.82, 2.24) is 0 Å². The quantitative estimate of drug-likeness (QED) is 0.0869.